The van der Waals surface area contributed by atoms with Crippen LogP contribution in [0.15, 0.2) is 0 Å². The second-order valence-corrected chi connectivity index (χ2v) is 4.22. The Hall–Kier alpha value is -1.29. The van der Waals surface area contributed by atoms with E-state index in [1.54, 1.807) is 0 Å². The number of rotatable bonds is 9. The molecule has 0 saturated heterocycles. The first kappa shape index (κ1) is 22.0. The number of aliphatic carboxylic acids is 2. The molecule has 0 rings (SSSR count). The van der Waals surface area contributed by atoms with Crippen molar-refractivity contribution in [3.05, 3.63) is 0 Å². The molecule has 9 nitrogen and oxygen atoms in total. The molecule has 0 heterocycles. The Balaban J connectivity index is 0. The second-order valence-electron chi connectivity index (χ2n) is 3.86. The first-order valence-electron chi connectivity index (χ1n) is 5.62. The molecular weight excluding hydrogens is 346 g/mol. The Labute approximate surface area is 136 Å². The predicted molar refractivity (Wildman–Crippen MR) is 66.0 cm³/mol. The molecule has 2 atom stereocenters. The third kappa shape index (κ3) is 10.1. The maximum absolute atomic E-state index is 11.5. The maximum atomic E-state index is 11.5. The Morgan fingerprint density at radius 3 is 2.19 bits per heavy atom. The summed E-state index contributed by atoms with van der Waals surface area (Å²) < 4.78 is 0. The van der Waals surface area contributed by atoms with Crippen molar-refractivity contribution in [1.29, 1.82) is 0 Å². The van der Waals surface area contributed by atoms with Gasteiger partial charge in [0, 0.05) is 18.2 Å². The summed E-state index contributed by atoms with van der Waals surface area (Å²) in [4.78, 5) is 43.4. The first-order valence-corrected chi connectivity index (χ1v) is 6.25. The van der Waals surface area contributed by atoms with E-state index in [9.17, 15) is 29.4 Å². The van der Waals surface area contributed by atoms with Crippen LogP contribution in [-0.4, -0.2) is 48.1 Å². The standard InChI is InChI=1S/C10H17N3O6S.Fe/c11-5(10(18)19)1-2-7(14)13-6(4-20)9(17)12-3-8(15)16;/h5-6,20H,1-4,11H2,(H,12,17)(H,13,14)(H,15,16)(H,18,19);/q;+2/p-2. The van der Waals surface area contributed by atoms with Gasteiger partial charge in [-0.15, -0.1) is 0 Å². The van der Waals surface area contributed by atoms with Crippen LogP contribution in [-0.2, 0) is 36.2 Å². The van der Waals surface area contributed by atoms with Crippen molar-refractivity contribution in [1.82, 2.24) is 10.6 Å². The molecule has 4 N–H and O–H groups in total. The Morgan fingerprint density at radius 2 is 1.76 bits per heavy atom. The van der Waals surface area contributed by atoms with Gasteiger partial charge in [-0.2, -0.15) is 12.6 Å². The van der Waals surface area contributed by atoms with Crippen LogP contribution in [0.3, 0.4) is 0 Å². The molecule has 0 bridgehead atoms. The zero-order chi connectivity index (χ0) is 15.7. The van der Waals surface area contributed by atoms with Gasteiger partial charge < -0.3 is 36.2 Å². The maximum Gasteiger partial charge on any atom is 2.00 e. The van der Waals surface area contributed by atoms with E-state index in [-0.39, 0.29) is 35.7 Å². The molecular formula is C10H15FeN3O6S. The van der Waals surface area contributed by atoms with Crippen molar-refractivity contribution in [2.75, 3.05) is 12.3 Å². The molecule has 0 aliphatic carbocycles. The van der Waals surface area contributed by atoms with Gasteiger partial charge in [0.05, 0.1) is 18.5 Å². The van der Waals surface area contributed by atoms with Gasteiger partial charge in [0.25, 0.3) is 0 Å². The summed E-state index contributed by atoms with van der Waals surface area (Å²) in [6, 6.07) is -2.31. The number of carbonyl (C=O) groups is 4. The van der Waals surface area contributed by atoms with Gasteiger partial charge >= 0.3 is 17.1 Å². The molecule has 0 radical (unpaired) electrons. The van der Waals surface area contributed by atoms with Crippen LogP contribution in [0.4, 0.5) is 0 Å². The van der Waals surface area contributed by atoms with Crippen LogP contribution in [0, 0.1) is 0 Å². The molecule has 0 spiro atoms. The van der Waals surface area contributed by atoms with E-state index in [1.165, 1.54) is 0 Å². The average Bonchev–Trinajstić information content (AvgIpc) is 2.38. The fourth-order valence-electron chi connectivity index (χ4n) is 1.15. The molecule has 2 unspecified atom stereocenters. The fourth-order valence-corrected chi connectivity index (χ4v) is 1.40. The van der Waals surface area contributed by atoms with E-state index in [4.69, 9.17) is 5.73 Å². The number of carboxylic acids is 2. The molecule has 2 amide bonds. The van der Waals surface area contributed by atoms with Crippen LogP contribution in [0.25, 0.3) is 0 Å². The number of nitrogens with two attached hydrogens (primary N) is 1. The van der Waals surface area contributed by atoms with Crippen molar-refractivity contribution < 1.29 is 46.5 Å². The van der Waals surface area contributed by atoms with Crippen LogP contribution in [0.1, 0.15) is 12.8 Å². The largest absolute Gasteiger partial charge is 2.00 e. The van der Waals surface area contributed by atoms with Crippen LogP contribution in [0.5, 0.6) is 0 Å². The van der Waals surface area contributed by atoms with Gasteiger partial charge in [0.1, 0.15) is 6.04 Å². The van der Waals surface area contributed by atoms with Crippen molar-refractivity contribution in [3.8, 4) is 0 Å². The topological polar surface area (TPSA) is 164 Å². The van der Waals surface area contributed by atoms with E-state index in [0.717, 1.165) is 0 Å². The number of hydrogen-bond donors (Lipinski definition) is 4. The Morgan fingerprint density at radius 1 is 1.19 bits per heavy atom. The summed E-state index contributed by atoms with van der Waals surface area (Å²) >= 11 is 3.85. The predicted octanol–water partition coefficient (Wildman–Crippen LogP) is -4.88. The smallest absolute Gasteiger partial charge is 0.548 e. The van der Waals surface area contributed by atoms with Gasteiger partial charge in [-0.05, 0) is 6.42 Å². The van der Waals surface area contributed by atoms with Gasteiger partial charge in [-0.1, -0.05) is 0 Å². The number of thiol groups is 1. The third-order valence-electron chi connectivity index (χ3n) is 2.23. The van der Waals surface area contributed by atoms with Crippen molar-refractivity contribution in [2.45, 2.75) is 24.9 Å². The quantitative estimate of drug-likeness (QED) is 0.236. The zero-order valence-corrected chi connectivity index (χ0v) is 12.8. The number of hydrogen-bond acceptors (Lipinski definition) is 8. The van der Waals surface area contributed by atoms with Gasteiger partial charge in [-0.3, -0.25) is 9.59 Å². The molecule has 120 valence electrons. The Bertz CT molecular complexity index is 395. The van der Waals surface area contributed by atoms with Crippen molar-refractivity contribution >= 4 is 36.4 Å². The Kier molecular flexibility index (Phi) is 11.9. The molecule has 21 heavy (non-hydrogen) atoms. The minimum Gasteiger partial charge on any atom is -0.548 e. The minimum atomic E-state index is -1.48. The summed E-state index contributed by atoms with van der Waals surface area (Å²) in [7, 11) is 0. The summed E-state index contributed by atoms with van der Waals surface area (Å²) in [6.07, 6.45) is -0.360. The van der Waals surface area contributed by atoms with Crippen molar-refractivity contribution in [3.63, 3.8) is 0 Å². The average molecular weight is 361 g/mol. The minimum absolute atomic E-state index is 0. The summed E-state index contributed by atoms with van der Waals surface area (Å²) in [5, 5.41) is 24.8. The normalized spacial score (nSPS) is 12.5. The van der Waals surface area contributed by atoms with Crippen LogP contribution < -0.4 is 26.6 Å². The van der Waals surface area contributed by atoms with Gasteiger partial charge in [-0.25, -0.2) is 0 Å². The van der Waals surface area contributed by atoms with Gasteiger partial charge in [0.2, 0.25) is 11.8 Å². The number of carboxylic acid groups (broad SMARTS) is 2. The van der Waals surface area contributed by atoms with Crippen molar-refractivity contribution in [2.24, 2.45) is 5.73 Å². The number of amides is 2. The first-order chi connectivity index (χ1) is 9.27. The molecule has 0 saturated carbocycles. The van der Waals surface area contributed by atoms with Crippen LogP contribution >= 0.6 is 12.6 Å². The van der Waals surface area contributed by atoms with Gasteiger partial charge in [0.15, 0.2) is 0 Å². The summed E-state index contributed by atoms with van der Waals surface area (Å²) in [5.74, 6) is -4.35. The second kappa shape index (κ2) is 11.4. The van der Waals surface area contributed by atoms with E-state index in [1.807, 2.05) is 5.32 Å². The van der Waals surface area contributed by atoms with E-state index in [2.05, 4.69) is 17.9 Å². The number of carbonyl (C=O) groups excluding carboxylic acids is 4. The molecule has 0 aromatic carbocycles. The SMILES string of the molecule is NC(CCC(=O)NC(CS)C(=O)NCC(=O)[O-])C(=O)[O-].[Fe+2]. The van der Waals surface area contributed by atoms with Crippen LogP contribution in [0.2, 0.25) is 0 Å². The molecule has 0 aromatic heterocycles. The van der Waals surface area contributed by atoms with E-state index >= 15 is 0 Å². The summed E-state index contributed by atoms with van der Waals surface area (Å²) in [6.45, 7) is -0.686. The zero-order valence-electron chi connectivity index (χ0n) is 10.8. The molecule has 0 aliphatic heterocycles. The van der Waals surface area contributed by atoms with E-state index in [0.29, 0.717) is 0 Å². The number of nitrogens with one attached hydrogen (secondary N) is 2. The monoisotopic (exact) mass is 361 g/mol. The molecule has 11 heteroatoms. The third-order valence-corrected chi connectivity index (χ3v) is 2.59. The molecule has 0 aromatic rings. The summed E-state index contributed by atoms with van der Waals surface area (Å²) in [5.41, 5.74) is 5.16. The molecule has 0 aliphatic rings. The van der Waals surface area contributed by atoms with E-state index < -0.39 is 42.4 Å². The molecule has 0 fully saturated rings. The fraction of sp³-hybridized carbons (Fsp3) is 0.600.